The molecule has 6 nitrogen and oxygen atoms in total. The van der Waals surface area contributed by atoms with Crippen LogP contribution in [-0.4, -0.2) is 23.7 Å². The molecule has 2 fully saturated rings. The maximum atomic E-state index is 11.6. The van der Waals surface area contributed by atoms with E-state index in [0.29, 0.717) is 35.5 Å². The largest absolute Gasteiger partial charge is 0.478 e. The Bertz CT molecular complexity index is 1510. The maximum Gasteiger partial charge on any atom is 0.338 e. The summed E-state index contributed by atoms with van der Waals surface area (Å²) < 4.78 is 16.6. The smallest absolute Gasteiger partial charge is 0.338 e. The molecule has 0 amide bonds. The Morgan fingerprint density at radius 1 is 0.543 bits per heavy atom. The Hall–Kier alpha value is -4.58. The van der Waals surface area contributed by atoms with Gasteiger partial charge in [-0.15, -0.1) is 0 Å². The number of hydrogen-bond donors (Lipinski definition) is 1. The van der Waals surface area contributed by atoms with Crippen LogP contribution in [0.1, 0.15) is 115 Å². The fourth-order valence-electron chi connectivity index (χ4n) is 6.30. The number of benzene rings is 4. The summed E-state index contributed by atoms with van der Waals surface area (Å²) in [6, 6.07) is 30.2. The van der Waals surface area contributed by atoms with Gasteiger partial charge in [-0.25, -0.2) is 9.59 Å². The van der Waals surface area contributed by atoms with Crippen molar-refractivity contribution in [2.75, 3.05) is 6.61 Å². The van der Waals surface area contributed by atoms with Gasteiger partial charge in [0.05, 0.1) is 17.7 Å². The summed E-state index contributed by atoms with van der Waals surface area (Å²) in [5.74, 6) is 3.13. The fourth-order valence-corrected chi connectivity index (χ4v) is 6.30. The molecular weight excluding hydrogens is 576 g/mol. The van der Waals surface area contributed by atoms with E-state index in [9.17, 15) is 9.59 Å². The first-order valence-electron chi connectivity index (χ1n) is 16.6. The van der Waals surface area contributed by atoms with E-state index >= 15 is 0 Å². The Kier molecular flexibility index (Phi) is 11.9. The number of esters is 1. The molecule has 0 atom stereocenters. The van der Waals surface area contributed by atoms with Gasteiger partial charge in [0, 0.05) is 0 Å². The summed E-state index contributed by atoms with van der Waals surface area (Å²) in [5.41, 5.74) is 3.62. The van der Waals surface area contributed by atoms with Crippen LogP contribution in [0.3, 0.4) is 0 Å². The Morgan fingerprint density at radius 3 is 1.24 bits per heavy atom. The van der Waals surface area contributed by atoms with Crippen molar-refractivity contribution in [2.24, 2.45) is 0 Å². The second-order valence-corrected chi connectivity index (χ2v) is 12.1. The molecule has 1 N–H and O–H groups in total. The standard InChI is InChI=1S/C21H24O3.C19H20O3/c1-2-23-21(22)18-10-14-20(15-11-18)24-19-12-8-17(9-13-19)16-6-4-3-5-7-16;20-19(21)16-8-12-18(13-9-16)22-17-10-6-15(7-11-17)14-4-2-1-3-5-14/h8-16H,2-7H2,1H3;6-14H,1-5H2,(H,20,21). The molecule has 0 spiro atoms. The minimum atomic E-state index is -0.927. The van der Waals surface area contributed by atoms with Crippen molar-refractivity contribution in [1.29, 1.82) is 0 Å². The molecule has 4 aromatic rings. The van der Waals surface area contributed by atoms with E-state index in [2.05, 4.69) is 24.3 Å². The number of rotatable bonds is 9. The van der Waals surface area contributed by atoms with E-state index in [4.69, 9.17) is 19.3 Å². The van der Waals surface area contributed by atoms with Crippen LogP contribution in [0.5, 0.6) is 23.0 Å². The van der Waals surface area contributed by atoms with Crippen molar-refractivity contribution in [3.63, 3.8) is 0 Å². The number of carbonyl (C=O) groups is 2. The van der Waals surface area contributed by atoms with Crippen molar-refractivity contribution < 1.29 is 28.9 Å². The van der Waals surface area contributed by atoms with Gasteiger partial charge in [-0.05, 0) is 128 Å². The molecular formula is C40H44O6. The van der Waals surface area contributed by atoms with Crippen LogP contribution in [0.2, 0.25) is 0 Å². The van der Waals surface area contributed by atoms with Gasteiger partial charge in [0.1, 0.15) is 23.0 Å². The first kappa shape index (κ1) is 32.8. The first-order valence-corrected chi connectivity index (χ1v) is 16.6. The zero-order valence-corrected chi connectivity index (χ0v) is 26.7. The van der Waals surface area contributed by atoms with Gasteiger partial charge in [0.15, 0.2) is 0 Å². The molecule has 0 aromatic heterocycles. The zero-order chi connectivity index (χ0) is 32.1. The SMILES string of the molecule is CCOC(=O)c1ccc(Oc2ccc(C3CCCCC3)cc2)cc1.O=C(O)c1ccc(Oc2ccc(C3CCCCC3)cc2)cc1. The third-order valence-corrected chi connectivity index (χ3v) is 8.85. The molecule has 240 valence electrons. The summed E-state index contributed by atoms with van der Waals surface area (Å²) in [6.45, 7) is 2.18. The number of hydrogen-bond acceptors (Lipinski definition) is 5. The van der Waals surface area contributed by atoms with Crippen LogP contribution in [0, 0.1) is 0 Å². The molecule has 4 aromatic carbocycles. The monoisotopic (exact) mass is 620 g/mol. The average Bonchev–Trinajstić information content (AvgIpc) is 3.11. The number of carboxylic acids is 1. The fraction of sp³-hybridized carbons (Fsp3) is 0.350. The molecule has 0 aliphatic heterocycles. The van der Waals surface area contributed by atoms with E-state index in [1.807, 2.05) is 24.3 Å². The quantitative estimate of drug-likeness (QED) is 0.187. The second kappa shape index (κ2) is 16.6. The van der Waals surface area contributed by atoms with Crippen LogP contribution < -0.4 is 9.47 Å². The highest BCUT2D eigenvalue weighted by molar-refractivity contribution is 5.89. The lowest BCUT2D eigenvalue weighted by molar-refractivity contribution is 0.0525. The first-order chi connectivity index (χ1) is 22.5. The molecule has 6 rings (SSSR count). The highest BCUT2D eigenvalue weighted by Crippen LogP contribution is 2.35. The summed E-state index contributed by atoms with van der Waals surface area (Å²) >= 11 is 0. The Balaban J connectivity index is 0.000000182. The van der Waals surface area contributed by atoms with Crippen LogP contribution in [0.4, 0.5) is 0 Å². The Labute approximate surface area is 272 Å². The molecule has 0 bridgehead atoms. The zero-order valence-electron chi connectivity index (χ0n) is 26.7. The van der Waals surface area contributed by atoms with Crippen molar-refractivity contribution in [3.8, 4) is 23.0 Å². The number of carboxylic acid groups (broad SMARTS) is 1. The van der Waals surface area contributed by atoms with Gasteiger partial charge in [-0.3, -0.25) is 0 Å². The molecule has 46 heavy (non-hydrogen) atoms. The average molecular weight is 621 g/mol. The van der Waals surface area contributed by atoms with Gasteiger partial charge >= 0.3 is 11.9 Å². The normalized spacial score (nSPS) is 15.2. The number of ether oxygens (including phenoxy) is 3. The predicted molar refractivity (Wildman–Crippen MR) is 180 cm³/mol. The van der Waals surface area contributed by atoms with Crippen molar-refractivity contribution in [1.82, 2.24) is 0 Å². The van der Waals surface area contributed by atoms with Crippen LogP contribution in [0.25, 0.3) is 0 Å². The topological polar surface area (TPSA) is 82.1 Å². The van der Waals surface area contributed by atoms with Crippen molar-refractivity contribution in [3.05, 3.63) is 119 Å². The third kappa shape index (κ3) is 9.46. The summed E-state index contributed by atoms with van der Waals surface area (Å²) in [7, 11) is 0. The van der Waals surface area contributed by atoms with Gasteiger partial charge in [0.2, 0.25) is 0 Å². The lowest BCUT2D eigenvalue weighted by Gasteiger charge is -2.22. The van der Waals surface area contributed by atoms with Crippen LogP contribution >= 0.6 is 0 Å². The second-order valence-electron chi connectivity index (χ2n) is 12.1. The number of aromatic carboxylic acids is 1. The van der Waals surface area contributed by atoms with Gasteiger partial charge in [-0.1, -0.05) is 62.8 Å². The number of carbonyl (C=O) groups excluding carboxylic acids is 1. The van der Waals surface area contributed by atoms with E-state index < -0.39 is 5.97 Å². The van der Waals surface area contributed by atoms with Crippen LogP contribution in [0.15, 0.2) is 97.1 Å². The molecule has 0 unspecified atom stereocenters. The highest BCUT2D eigenvalue weighted by atomic mass is 16.5. The minimum Gasteiger partial charge on any atom is -0.478 e. The molecule has 2 saturated carbocycles. The van der Waals surface area contributed by atoms with E-state index in [1.165, 1.54) is 75.3 Å². The summed E-state index contributed by atoms with van der Waals surface area (Å²) in [5, 5.41) is 8.88. The van der Waals surface area contributed by atoms with Crippen LogP contribution in [-0.2, 0) is 4.74 Å². The molecule has 2 aliphatic rings. The molecule has 0 heterocycles. The van der Waals surface area contributed by atoms with Gasteiger partial charge < -0.3 is 19.3 Å². The lowest BCUT2D eigenvalue weighted by atomic mass is 9.84. The summed E-state index contributed by atoms with van der Waals surface area (Å²) in [4.78, 5) is 22.5. The summed E-state index contributed by atoms with van der Waals surface area (Å²) in [6.07, 6.45) is 13.3. The highest BCUT2D eigenvalue weighted by Gasteiger charge is 2.16. The Morgan fingerprint density at radius 2 is 0.891 bits per heavy atom. The van der Waals surface area contributed by atoms with Crippen molar-refractivity contribution in [2.45, 2.75) is 83.0 Å². The minimum absolute atomic E-state index is 0.264. The van der Waals surface area contributed by atoms with E-state index in [-0.39, 0.29) is 11.5 Å². The van der Waals surface area contributed by atoms with E-state index in [1.54, 1.807) is 55.5 Å². The van der Waals surface area contributed by atoms with Crippen molar-refractivity contribution >= 4 is 11.9 Å². The lowest BCUT2D eigenvalue weighted by Crippen LogP contribution is -2.04. The molecule has 6 heteroatoms. The maximum absolute atomic E-state index is 11.6. The van der Waals surface area contributed by atoms with Gasteiger partial charge in [0.25, 0.3) is 0 Å². The molecule has 0 saturated heterocycles. The predicted octanol–water partition coefficient (Wildman–Crippen LogP) is 10.9. The molecule has 0 radical (unpaired) electrons. The third-order valence-electron chi connectivity index (χ3n) is 8.85. The van der Waals surface area contributed by atoms with E-state index in [0.717, 1.165) is 11.5 Å². The molecule has 2 aliphatic carbocycles. The van der Waals surface area contributed by atoms with Gasteiger partial charge in [-0.2, -0.15) is 0 Å².